The Labute approximate surface area is 258 Å². The van der Waals surface area contributed by atoms with Gasteiger partial charge in [-0.15, -0.1) is 0 Å². The van der Waals surface area contributed by atoms with Crippen molar-refractivity contribution in [1.82, 2.24) is 4.90 Å². The molecule has 0 bridgehead atoms. The van der Waals surface area contributed by atoms with E-state index in [1.54, 1.807) is 36.4 Å². The van der Waals surface area contributed by atoms with E-state index in [4.69, 9.17) is 4.42 Å². The van der Waals surface area contributed by atoms with Crippen molar-refractivity contribution >= 4 is 34.9 Å². The Hall–Kier alpha value is -4.89. The van der Waals surface area contributed by atoms with Crippen LogP contribution in [-0.2, 0) is 36.0 Å². The summed E-state index contributed by atoms with van der Waals surface area (Å²) in [7, 11) is 0. The Morgan fingerprint density at radius 3 is 2.29 bits per heavy atom. The molecule has 1 saturated heterocycles. The molecule has 0 spiro atoms. The van der Waals surface area contributed by atoms with E-state index < -0.39 is 52.8 Å². The largest absolute Gasteiger partial charge is 0.481 e. The van der Waals surface area contributed by atoms with Gasteiger partial charge in [0.2, 0.25) is 11.8 Å². The summed E-state index contributed by atoms with van der Waals surface area (Å²) in [4.78, 5) is 69.3. The van der Waals surface area contributed by atoms with Crippen LogP contribution < -0.4 is 0 Å². The van der Waals surface area contributed by atoms with E-state index in [1.165, 1.54) is 6.08 Å². The smallest absolute Gasteiger partial charge is 0.305 e. The first-order valence-corrected chi connectivity index (χ1v) is 15.1. The quantitative estimate of drug-likeness (QED) is 0.303. The van der Waals surface area contributed by atoms with Crippen molar-refractivity contribution in [2.24, 2.45) is 23.7 Å². The maximum atomic E-state index is 14.8. The van der Waals surface area contributed by atoms with Gasteiger partial charge in [0.05, 0.1) is 29.6 Å². The molecule has 228 valence electrons. The molecule has 1 aliphatic heterocycles. The third-order valence-corrected chi connectivity index (χ3v) is 10.1. The fraction of sp³-hybridized carbons (Fsp3) is 0.306. The molecule has 2 fully saturated rings. The molecular formula is C36H31NO8. The molecule has 2 heterocycles. The number of aliphatic hydroxyl groups is 1. The molecule has 3 aromatic rings. The molecule has 2 aromatic carbocycles. The van der Waals surface area contributed by atoms with Crippen LogP contribution in [0.4, 0.5) is 0 Å². The molecule has 7 rings (SSSR count). The second-order valence-electron chi connectivity index (χ2n) is 12.2. The fourth-order valence-corrected chi connectivity index (χ4v) is 8.31. The number of ketones is 2. The number of furan rings is 1. The number of hydrogen-bond donors (Lipinski definition) is 2. The third-order valence-electron chi connectivity index (χ3n) is 10.1. The number of benzene rings is 2. The van der Waals surface area contributed by atoms with Gasteiger partial charge in [0.25, 0.3) is 0 Å². The minimum absolute atomic E-state index is 0.145. The van der Waals surface area contributed by atoms with Crippen LogP contribution in [0.25, 0.3) is 5.57 Å². The van der Waals surface area contributed by atoms with Crippen molar-refractivity contribution in [3.63, 3.8) is 0 Å². The van der Waals surface area contributed by atoms with Gasteiger partial charge in [-0.05, 0) is 48.1 Å². The van der Waals surface area contributed by atoms with Crippen LogP contribution in [0.2, 0.25) is 0 Å². The average Bonchev–Trinajstić information content (AvgIpc) is 3.63. The number of fused-ring (bicyclic) bond motifs is 4. The van der Waals surface area contributed by atoms with Crippen LogP contribution in [0.3, 0.4) is 0 Å². The molecule has 9 nitrogen and oxygen atoms in total. The minimum atomic E-state index is -1.41. The van der Waals surface area contributed by atoms with Crippen LogP contribution in [0.1, 0.15) is 47.8 Å². The van der Waals surface area contributed by atoms with Gasteiger partial charge in [-0.1, -0.05) is 72.3 Å². The molecule has 3 aliphatic carbocycles. The zero-order valence-electron chi connectivity index (χ0n) is 24.3. The summed E-state index contributed by atoms with van der Waals surface area (Å²) in [5.41, 5.74) is 0.883. The summed E-state index contributed by atoms with van der Waals surface area (Å²) in [5, 5.41) is 19.1. The lowest BCUT2D eigenvalue weighted by Crippen LogP contribution is -2.58. The Balaban J connectivity index is 1.45. The summed E-state index contributed by atoms with van der Waals surface area (Å²) >= 11 is 0. The highest BCUT2D eigenvalue weighted by Crippen LogP contribution is 2.63. The van der Waals surface area contributed by atoms with Gasteiger partial charge >= 0.3 is 5.97 Å². The summed E-state index contributed by atoms with van der Waals surface area (Å²) in [5.74, 6) is -5.55. The lowest BCUT2D eigenvalue weighted by atomic mass is 9.45. The summed E-state index contributed by atoms with van der Waals surface area (Å²) in [6.45, 7) is -0.586. The molecule has 45 heavy (non-hydrogen) atoms. The lowest BCUT2D eigenvalue weighted by Gasteiger charge is -2.54. The van der Waals surface area contributed by atoms with E-state index in [2.05, 4.69) is 0 Å². The van der Waals surface area contributed by atoms with Crippen molar-refractivity contribution in [2.75, 3.05) is 6.54 Å². The number of nitrogens with zero attached hydrogens (tertiary/aromatic N) is 1. The number of aliphatic hydroxyl groups excluding tert-OH is 1. The van der Waals surface area contributed by atoms with Crippen LogP contribution in [-0.4, -0.2) is 51.0 Å². The summed E-state index contributed by atoms with van der Waals surface area (Å²) in [6.07, 6.45) is 3.37. The molecule has 2 N–H and O–H groups in total. The van der Waals surface area contributed by atoms with E-state index >= 15 is 0 Å². The van der Waals surface area contributed by atoms with Gasteiger partial charge in [0.15, 0.2) is 11.6 Å². The molecule has 1 aromatic heterocycles. The predicted molar refractivity (Wildman–Crippen MR) is 160 cm³/mol. The number of imide groups is 1. The van der Waals surface area contributed by atoms with Gasteiger partial charge in [-0.2, -0.15) is 0 Å². The number of amides is 2. The maximum Gasteiger partial charge on any atom is 0.305 e. The van der Waals surface area contributed by atoms with Gasteiger partial charge in [-0.25, -0.2) is 0 Å². The highest BCUT2D eigenvalue weighted by Gasteiger charge is 2.66. The Morgan fingerprint density at radius 1 is 0.911 bits per heavy atom. The number of allylic oxidation sites excluding steroid dienone is 4. The van der Waals surface area contributed by atoms with Crippen LogP contribution in [0.5, 0.6) is 0 Å². The average molecular weight is 606 g/mol. The highest BCUT2D eigenvalue weighted by molar-refractivity contribution is 6.31. The Kier molecular flexibility index (Phi) is 7.00. The lowest BCUT2D eigenvalue weighted by molar-refractivity contribution is -0.142. The second kappa shape index (κ2) is 10.9. The number of Topliss-reactive ketones (excluding diaryl/α,β-unsaturated/α-hetero) is 1. The molecule has 0 radical (unpaired) electrons. The normalized spacial score (nSPS) is 29.1. The first kappa shape index (κ1) is 28.9. The Bertz CT molecular complexity index is 1790. The zero-order valence-corrected chi connectivity index (χ0v) is 24.3. The SMILES string of the molecule is O=C(O)CCN1C(=O)[C@H]2[C@H](CC=C3[C@H]2C[C@H]2C(=O)C(c4ccccc4)=CC(=O)[C@@]2(c2ccccc2)[C@H]3c2ccc(CO)o2)C1=O. The molecule has 0 unspecified atom stereocenters. The highest BCUT2D eigenvalue weighted by atomic mass is 16.4. The summed E-state index contributed by atoms with van der Waals surface area (Å²) < 4.78 is 6.15. The first-order valence-electron chi connectivity index (χ1n) is 15.1. The van der Waals surface area contributed by atoms with E-state index in [1.807, 2.05) is 42.5 Å². The monoisotopic (exact) mass is 605 g/mol. The van der Waals surface area contributed by atoms with Crippen LogP contribution in [0.15, 0.2) is 94.9 Å². The first-order chi connectivity index (χ1) is 21.8. The van der Waals surface area contributed by atoms with Gasteiger partial charge in [0, 0.05) is 18.0 Å². The van der Waals surface area contributed by atoms with E-state index in [0.29, 0.717) is 28.2 Å². The number of carboxylic acids is 1. The second-order valence-corrected chi connectivity index (χ2v) is 12.2. The van der Waals surface area contributed by atoms with Crippen molar-refractivity contribution in [3.8, 4) is 0 Å². The van der Waals surface area contributed by atoms with Crippen molar-refractivity contribution in [3.05, 3.63) is 113 Å². The standard InChI is InChI=1S/C36H31NO8/c38-19-22-11-14-28(45-22)32-23-12-13-24-31(35(44)37(34(24)43)16-15-30(40)41)26(23)17-27-33(42)25(20-7-3-1-4-8-20)18-29(39)36(27,32)21-9-5-2-6-10-21/h1-12,14,18,24,26-27,31-32,38H,13,15-17,19H2,(H,40,41)/t24-,26+,27-,31-,32+,36-/m0/s1. The molecule has 2 amide bonds. The van der Waals surface area contributed by atoms with Gasteiger partial charge < -0.3 is 14.6 Å². The minimum Gasteiger partial charge on any atom is -0.481 e. The topological polar surface area (TPSA) is 142 Å². The van der Waals surface area contributed by atoms with Gasteiger partial charge in [0.1, 0.15) is 18.1 Å². The maximum absolute atomic E-state index is 14.8. The van der Waals surface area contributed by atoms with Crippen LogP contribution in [0, 0.1) is 23.7 Å². The van der Waals surface area contributed by atoms with Crippen molar-refractivity contribution in [2.45, 2.75) is 37.2 Å². The number of carbonyl (C=O) groups excluding carboxylic acids is 4. The molecule has 6 atom stereocenters. The summed E-state index contributed by atoms with van der Waals surface area (Å²) in [6, 6.07) is 21.5. The fourth-order valence-electron chi connectivity index (χ4n) is 8.31. The third kappa shape index (κ3) is 4.29. The van der Waals surface area contributed by atoms with Crippen molar-refractivity contribution in [1.29, 1.82) is 0 Å². The number of hydrogen-bond acceptors (Lipinski definition) is 7. The molecule has 4 aliphatic rings. The number of aliphatic carboxylic acids is 1. The molecular weight excluding hydrogens is 574 g/mol. The zero-order chi connectivity index (χ0) is 31.5. The van der Waals surface area contributed by atoms with Gasteiger partial charge in [-0.3, -0.25) is 28.9 Å². The number of rotatable bonds is 7. The van der Waals surface area contributed by atoms with E-state index in [0.717, 1.165) is 10.5 Å². The van der Waals surface area contributed by atoms with E-state index in [9.17, 15) is 34.2 Å². The van der Waals surface area contributed by atoms with E-state index in [-0.39, 0.29) is 44.0 Å². The molecule has 1 saturated carbocycles. The number of likely N-dealkylation sites (tertiary alicyclic amines) is 1. The Morgan fingerprint density at radius 2 is 1.62 bits per heavy atom. The predicted octanol–water partition coefficient (Wildman–Crippen LogP) is 4.07. The number of carbonyl (C=O) groups is 5. The molecule has 9 heteroatoms. The van der Waals surface area contributed by atoms with Crippen molar-refractivity contribution < 1.29 is 38.6 Å². The van der Waals surface area contributed by atoms with Crippen LogP contribution >= 0.6 is 0 Å². The number of carboxylic acid groups (broad SMARTS) is 1.